The van der Waals surface area contributed by atoms with Crippen molar-refractivity contribution < 1.29 is 0 Å². The summed E-state index contributed by atoms with van der Waals surface area (Å²) in [5, 5.41) is 6.78. The maximum Gasteiger partial charge on any atom is 0.191 e. The van der Waals surface area contributed by atoms with E-state index in [1.54, 1.807) is 7.05 Å². The number of benzene rings is 1. The van der Waals surface area contributed by atoms with Crippen molar-refractivity contribution in [1.29, 1.82) is 0 Å². The Hall–Kier alpha value is -3.02. The molecule has 6 heteroatoms. The van der Waals surface area contributed by atoms with Crippen LogP contribution in [-0.2, 0) is 6.42 Å². The Kier molecular flexibility index (Phi) is 6.89. The van der Waals surface area contributed by atoms with Gasteiger partial charge in [-0.1, -0.05) is 18.2 Å². The highest BCUT2D eigenvalue weighted by atomic mass is 15.2. The number of hydrogen-bond donors (Lipinski definition) is 2. The molecular weight excluding hydrogens is 348 g/mol. The largest absolute Gasteiger partial charge is 0.370 e. The lowest BCUT2D eigenvalue weighted by Gasteiger charge is -2.24. The monoisotopic (exact) mass is 378 g/mol. The Morgan fingerprint density at radius 3 is 2.75 bits per heavy atom. The zero-order valence-corrected chi connectivity index (χ0v) is 17.0. The maximum atomic E-state index is 4.63. The standard InChI is InChI=1S/C22H30N6/c1-4-27(20-9-7-8-18(2)16-20)15-13-25-22(23-3)24-12-11-19-17-28-14-6-5-10-21(28)26-19/h5-10,14,16-17H,4,11-13,15H2,1-3H3,(H2,23,24,25). The van der Waals surface area contributed by atoms with Gasteiger partial charge in [-0.25, -0.2) is 4.98 Å². The van der Waals surface area contributed by atoms with Crippen LogP contribution in [0.2, 0.25) is 0 Å². The van der Waals surface area contributed by atoms with Gasteiger partial charge in [0.15, 0.2) is 5.96 Å². The van der Waals surface area contributed by atoms with Crippen LogP contribution in [0.15, 0.2) is 59.9 Å². The molecule has 0 saturated carbocycles. The third kappa shape index (κ3) is 5.25. The maximum absolute atomic E-state index is 4.63. The number of guanidine groups is 1. The lowest BCUT2D eigenvalue weighted by Crippen LogP contribution is -2.42. The molecule has 0 radical (unpaired) electrons. The molecule has 0 atom stereocenters. The zero-order chi connectivity index (χ0) is 19.8. The van der Waals surface area contributed by atoms with E-state index in [1.165, 1.54) is 11.3 Å². The molecule has 6 nitrogen and oxygen atoms in total. The van der Waals surface area contributed by atoms with E-state index in [0.717, 1.165) is 49.9 Å². The number of rotatable bonds is 8. The fourth-order valence-electron chi connectivity index (χ4n) is 3.24. The first-order valence-electron chi connectivity index (χ1n) is 9.88. The van der Waals surface area contributed by atoms with Crippen LogP contribution in [0.1, 0.15) is 18.2 Å². The van der Waals surface area contributed by atoms with Crippen molar-refractivity contribution in [3.8, 4) is 0 Å². The molecule has 0 aliphatic heterocycles. The molecule has 148 valence electrons. The van der Waals surface area contributed by atoms with E-state index in [9.17, 15) is 0 Å². The first-order valence-corrected chi connectivity index (χ1v) is 9.88. The fourth-order valence-corrected chi connectivity index (χ4v) is 3.24. The predicted molar refractivity (Wildman–Crippen MR) is 117 cm³/mol. The Labute approximate surface area is 167 Å². The normalized spacial score (nSPS) is 11.6. The highest BCUT2D eigenvalue weighted by Crippen LogP contribution is 2.14. The van der Waals surface area contributed by atoms with E-state index in [1.807, 2.05) is 28.8 Å². The van der Waals surface area contributed by atoms with Gasteiger partial charge in [-0.05, 0) is 43.7 Å². The number of pyridine rings is 1. The number of imidazole rings is 1. The van der Waals surface area contributed by atoms with Crippen LogP contribution in [-0.4, -0.2) is 48.6 Å². The molecule has 0 unspecified atom stereocenters. The van der Waals surface area contributed by atoms with E-state index in [-0.39, 0.29) is 0 Å². The number of aromatic nitrogens is 2. The molecule has 2 N–H and O–H groups in total. The van der Waals surface area contributed by atoms with Crippen LogP contribution < -0.4 is 15.5 Å². The SMILES string of the molecule is CCN(CCNC(=NC)NCCc1cn2ccccc2n1)c1cccc(C)c1. The summed E-state index contributed by atoms with van der Waals surface area (Å²) in [5.74, 6) is 0.823. The molecule has 3 rings (SSSR count). The van der Waals surface area contributed by atoms with Gasteiger partial charge in [0.1, 0.15) is 5.65 Å². The second kappa shape index (κ2) is 9.78. The molecule has 0 aliphatic rings. The van der Waals surface area contributed by atoms with Gasteiger partial charge in [0.2, 0.25) is 0 Å². The van der Waals surface area contributed by atoms with E-state index in [4.69, 9.17) is 0 Å². The highest BCUT2D eigenvalue weighted by molar-refractivity contribution is 5.79. The third-order valence-corrected chi connectivity index (χ3v) is 4.73. The van der Waals surface area contributed by atoms with Crippen LogP contribution in [0.25, 0.3) is 5.65 Å². The number of aliphatic imine (C=N–C) groups is 1. The number of aryl methyl sites for hydroxylation is 1. The molecule has 0 bridgehead atoms. The number of anilines is 1. The lowest BCUT2D eigenvalue weighted by atomic mass is 10.2. The van der Waals surface area contributed by atoms with Crippen molar-refractivity contribution in [1.82, 2.24) is 20.0 Å². The Morgan fingerprint density at radius 1 is 1.14 bits per heavy atom. The minimum Gasteiger partial charge on any atom is -0.370 e. The molecule has 0 spiro atoms. The van der Waals surface area contributed by atoms with Gasteiger partial charge >= 0.3 is 0 Å². The van der Waals surface area contributed by atoms with Crippen LogP contribution in [0.5, 0.6) is 0 Å². The summed E-state index contributed by atoms with van der Waals surface area (Å²) in [7, 11) is 1.80. The summed E-state index contributed by atoms with van der Waals surface area (Å²) in [4.78, 5) is 11.3. The van der Waals surface area contributed by atoms with Crippen LogP contribution in [0.4, 0.5) is 5.69 Å². The van der Waals surface area contributed by atoms with Gasteiger partial charge in [0, 0.05) is 57.7 Å². The molecule has 28 heavy (non-hydrogen) atoms. The van der Waals surface area contributed by atoms with E-state index in [0.29, 0.717) is 0 Å². The predicted octanol–water partition coefficient (Wildman–Crippen LogP) is 2.88. The van der Waals surface area contributed by atoms with Crippen LogP contribution in [0, 0.1) is 6.92 Å². The molecule has 0 saturated heterocycles. The van der Waals surface area contributed by atoms with Gasteiger partial charge in [-0.2, -0.15) is 0 Å². The molecule has 0 amide bonds. The average molecular weight is 379 g/mol. The topological polar surface area (TPSA) is 57.0 Å². The van der Waals surface area contributed by atoms with Crippen molar-refractivity contribution in [2.24, 2.45) is 4.99 Å². The summed E-state index contributed by atoms with van der Waals surface area (Å²) < 4.78 is 2.05. The molecule has 3 aromatic rings. The second-order valence-electron chi connectivity index (χ2n) is 6.79. The smallest absolute Gasteiger partial charge is 0.191 e. The molecule has 2 heterocycles. The van der Waals surface area contributed by atoms with E-state index < -0.39 is 0 Å². The van der Waals surface area contributed by atoms with Crippen molar-refractivity contribution >= 4 is 17.3 Å². The van der Waals surface area contributed by atoms with Gasteiger partial charge in [-0.3, -0.25) is 4.99 Å². The Bertz CT molecular complexity index is 881. The second-order valence-corrected chi connectivity index (χ2v) is 6.79. The fraction of sp³-hybridized carbons (Fsp3) is 0.364. The molecular formula is C22H30N6. The molecule has 1 aromatic carbocycles. The molecule has 2 aromatic heterocycles. The average Bonchev–Trinajstić information content (AvgIpc) is 3.12. The summed E-state index contributed by atoms with van der Waals surface area (Å²) in [6.45, 7) is 7.83. The minimum absolute atomic E-state index is 0.791. The third-order valence-electron chi connectivity index (χ3n) is 4.73. The number of nitrogens with one attached hydrogen (secondary N) is 2. The Morgan fingerprint density at radius 2 is 2.00 bits per heavy atom. The van der Waals surface area contributed by atoms with Crippen molar-refractivity contribution in [3.63, 3.8) is 0 Å². The Balaban J connectivity index is 1.44. The lowest BCUT2D eigenvalue weighted by molar-refractivity contribution is 0.744. The van der Waals surface area contributed by atoms with Crippen molar-refractivity contribution in [2.45, 2.75) is 20.3 Å². The van der Waals surface area contributed by atoms with E-state index in [2.05, 4.69) is 69.8 Å². The van der Waals surface area contributed by atoms with Crippen molar-refractivity contribution in [3.05, 3.63) is 66.1 Å². The number of likely N-dealkylation sites (N-methyl/N-ethyl adjacent to an activating group) is 1. The number of nitrogens with zero attached hydrogens (tertiary/aromatic N) is 4. The minimum atomic E-state index is 0.791. The first-order chi connectivity index (χ1) is 13.7. The molecule has 0 aliphatic carbocycles. The zero-order valence-electron chi connectivity index (χ0n) is 17.0. The van der Waals surface area contributed by atoms with E-state index >= 15 is 0 Å². The number of fused-ring (bicyclic) bond motifs is 1. The highest BCUT2D eigenvalue weighted by Gasteiger charge is 2.06. The summed E-state index contributed by atoms with van der Waals surface area (Å²) in [6.07, 6.45) is 4.95. The van der Waals surface area contributed by atoms with Gasteiger partial charge in [0.05, 0.1) is 5.69 Å². The summed E-state index contributed by atoms with van der Waals surface area (Å²) in [6, 6.07) is 14.7. The quantitative estimate of drug-likeness (QED) is 0.467. The van der Waals surface area contributed by atoms with Crippen LogP contribution >= 0.6 is 0 Å². The van der Waals surface area contributed by atoms with Gasteiger partial charge < -0.3 is 19.9 Å². The van der Waals surface area contributed by atoms with Crippen molar-refractivity contribution in [2.75, 3.05) is 38.1 Å². The van der Waals surface area contributed by atoms with Gasteiger partial charge in [0.25, 0.3) is 0 Å². The first kappa shape index (κ1) is 19.7. The van der Waals surface area contributed by atoms with Gasteiger partial charge in [-0.15, -0.1) is 0 Å². The van der Waals surface area contributed by atoms with Crippen LogP contribution in [0.3, 0.4) is 0 Å². The number of hydrogen-bond acceptors (Lipinski definition) is 3. The summed E-state index contributed by atoms with van der Waals surface area (Å²) >= 11 is 0. The summed E-state index contributed by atoms with van der Waals surface area (Å²) in [5.41, 5.74) is 4.61. The molecule has 0 fully saturated rings.